The first-order chi connectivity index (χ1) is 7.75. The summed E-state index contributed by atoms with van der Waals surface area (Å²) in [5, 5.41) is 1.06. The third-order valence-electron chi connectivity index (χ3n) is 2.67. The van der Waals surface area contributed by atoms with E-state index < -0.39 is 0 Å². The Hall–Kier alpha value is -2.23. The lowest BCUT2D eigenvalue weighted by Gasteiger charge is -1.90. The molecule has 0 radical (unpaired) electrons. The number of rotatable bonds is 1. The lowest BCUT2D eigenvalue weighted by Crippen LogP contribution is -1.94. The number of nitrogens with two attached hydrogens (primary N) is 1. The Labute approximate surface area is 92.3 Å². The quantitative estimate of drug-likeness (QED) is 0.675. The molecule has 0 bridgehead atoms. The summed E-state index contributed by atoms with van der Waals surface area (Å²) in [6, 6.07) is 7.88. The van der Waals surface area contributed by atoms with Crippen LogP contribution in [-0.2, 0) is 7.05 Å². The van der Waals surface area contributed by atoms with Gasteiger partial charge in [-0.3, -0.25) is 0 Å². The molecular weight excluding hydrogens is 202 g/mol. The summed E-state index contributed by atoms with van der Waals surface area (Å²) in [5.41, 5.74) is 8.39. The number of anilines is 1. The largest absolute Gasteiger partial charge is 0.464 e. The first kappa shape index (κ1) is 9.03. The fourth-order valence-electron chi connectivity index (χ4n) is 1.79. The number of hydrogen-bond acceptors (Lipinski definition) is 3. The highest BCUT2D eigenvalue weighted by Gasteiger charge is 2.11. The molecule has 0 aliphatic carbocycles. The predicted octanol–water partition coefficient (Wildman–Crippen LogP) is 2.42. The summed E-state index contributed by atoms with van der Waals surface area (Å²) >= 11 is 0. The van der Waals surface area contributed by atoms with Crippen LogP contribution in [0.4, 0.5) is 5.95 Å². The molecule has 2 heterocycles. The molecule has 4 heteroatoms. The molecule has 3 rings (SSSR count). The van der Waals surface area contributed by atoms with Gasteiger partial charge in [0.2, 0.25) is 0 Å². The Morgan fingerprint density at radius 3 is 2.88 bits per heavy atom. The molecule has 0 saturated heterocycles. The van der Waals surface area contributed by atoms with E-state index in [4.69, 9.17) is 10.2 Å². The van der Waals surface area contributed by atoms with Gasteiger partial charge in [0, 0.05) is 24.2 Å². The lowest BCUT2D eigenvalue weighted by molar-refractivity contribution is 0.617. The molecular formula is C12H11N3O. The molecule has 0 fully saturated rings. The molecule has 0 aliphatic heterocycles. The summed E-state index contributed by atoms with van der Waals surface area (Å²) in [6.07, 6.45) is 3.61. The molecule has 16 heavy (non-hydrogen) atoms. The summed E-state index contributed by atoms with van der Waals surface area (Å²) in [5.74, 6) is 0.500. The lowest BCUT2D eigenvalue weighted by atomic mass is 10.1. The number of para-hydroxylation sites is 1. The predicted molar refractivity (Wildman–Crippen MR) is 62.8 cm³/mol. The highest BCUT2D eigenvalue weighted by molar-refractivity contribution is 5.92. The van der Waals surface area contributed by atoms with Gasteiger partial charge in [-0.15, -0.1) is 0 Å². The maximum atomic E-state index is 5.71. The van der Waals surface area contributed by atoms with Gasteiger partial charge in [-0.05, 0) is 6.07 Å². The number of nitrogen functional groups attached to an aromatic ring is 1. The fraction of sp³-hybridized carbons (Fsp3) is 0.0833. The first-order valence-electron chi connectivity index (χ1n) is 5.01. The van der Waals surface area contributed by atoms with Crippen molar-refractivity contribution in [2.24, 2.45) is 7.05 Å². The van der Waals surface area contributed by atoms with Crippen molar-refractivity contribution < 1.29 is 4.42 Å². The van der Waals surface area contributed by atoms with Crippen molar-refractivity contribution in [1.82, 2.24) is 9.55 Å². The van der Waals surface area contributed by atoms with Crippen molar-refractivity contribution in [3.63, 3.8) is 0 Å². The minimum Gasteiger partial charge on any atom is -0.464 e. The van der Waals surface area contributed by atoms with Crippen LogP contribution in [0.15, 0.2) is 41.1 Å². The normalized spacial score (nSPS) is 11.1. The van der Waals surface area contributed by atoms with Crippen LogP contribution < -0.4 is 5.73 Å². The van der Waals surface area contributed by atoms with Crippen molar-refractivity contribution in [2.45, 2.75) is 0 Å². The fourth-order valence-corrected chi connectivity index (χ4v) is 1.79. The maximum absolute atomic E-state index is 5.71. The summed E-state index contributed by atoms with van der Waals surface area (Å²) in [4.78, 5) is 4.28. The number of imidazole rings is 1. The van der Waals surface area contributed by atoms with Gasteiger partial charge in [-0.1, -0.05) is 18.2 Å². The highest BCUT2D eigenvalue weighted by atomic mass is 16.3. The van der Waals surface area contributed by atoms with Gasteiger partial charge in [0.1, 0.15) is 11.8 Å². The molecule has 0 atom stereocenters. The van der Waals surface area contributed by atoms with E-state index >= 15 is 0 Å². The number of furan rings is 1. The van der Waals surface area contributed by atoms with Crippen molar-refractivity contribution in [3.8, 4) is 11.3 Å². The number of hydrogen-bond donors (Lipinski definition) is 1. The monoisotopic (exact) mass is 213 g/mol. The molecule has 1 aromatic carbocycles. The van der Waals surface area contributed by atoms with E-state index in [1.807, 2.05) is 37.5 Å². The van der Waals surface area contributed by atoms with Gasteiger partial charge in [0.15, 0.2) is 5.95 Å². The standard InChI is InChI=1S/C12H11N3O/c1-15-6-10(14-12(15)13)9-7-16-11-5-3-2-4-8(9)11/h2-7H,1H3,(H2,13,14). The third kappa shape index (κ3) is 1.20. The molecule has 4 nitrogen and oxygen atoms in total. The minimum absolute atomic E-state index is 0.500. The van der Waals surface area contributed by atoms with Crippen molar-refractivity contribution in [1.29, 1.82) is 0 Å². The Balaban J connectivity index is 2.26. The number of aromatic nitrogens is 2. The zero-order chi connectivity index (χ0) is 11.1. The zero-order valence-electron chi connectivity index (χ0n) is 8.84. The van der Waals surface area contributed by atoms with E-state index in [1.165, 1.54) is 0 Å². The average Bonchev–Trinajstić information content (AvgIpc) is 2.83. The smallest absolute Gasteiger partial charge is 0.200 e. The molecule has 3 aromatic rings. The van der Waals surface area contributed by atoms with E-state index in [0.717, 1.165) is 22.2 Å². The Kier molecular flexibility index (Phi) is 1.77. The van der Waals surface area contributed by atoms with Crippen LogP contribution in [0.3, 0.4) is 0 Å². The second kappa shape index (κ2) is 3.13. The van der Waals surface area contributed by atoms with E-state index in [-0.39, 0.29) is 0 Å². The van der Waals surface area contributed by atoms with E-state index in [2.05, 4.69) is 4.98 Å². The van der Waals surface area contributed by atoms with Gasteiger partial charge in [-0.25, -0.2) is 4.98 Å². The number of benzene rings is 1. The van der Waals surface area contributed by atoms with Crippen molar-refractivity contribution >= 4 is 16.9 Å². The van der Waals surface area contributed by atoms with Gasteiger partial charge in [0.05, 0.1) is 5.69 Å². The van der Waals surface area contributed by atoms with Crippen LogP contribution in [0.25, 0.3) is 22.2 Å². The Morgan fingerprint density at radius 2 is 2.12 bits per heavy atom. The third-order valence-corrected chi connectivity index (χ3v) is 2.67. The summed E-state index contributed by atoms with van der Waals surface area (Å²) < 4.78 is 7.25. The van der Waals surface area contributed by atoms with Crippen LogP contribution in [0.1, 0.15) is 0 Å². The molecule has 2 aromatic heterocycles. The van der Waals surface area contributed by atoms with Gasteiger partial charge >= 0.3 is 0 Å². The van der Waals surface area contributed by atoms with E-state index in [0.29, 0.717) is 5.95 Å². The van der Waals surface area contributed by atoms with E-state index in [9.17, 15) is 0 Å². The van der Waals surface area contributed by atoms with E-state index in [1.54, 1.807) is 10.8 Å². The number of fused-ring (bicyclic) bond motifs is 1. The first-order valence-corrected chi connectivity index (χ1v) is 5.01. The second-order valence-electron chi connectivity index (χ2n) is 3.74. The molecule has 2 N–H and O–H groups in total. The average molecular weight is 213 g/mol. The molecule has 0 saturated carbocycles. The topological polar surface area (TPSA) is 57.0 Å². The number of nitrogens with zero attached hydrogens (tertiary/aromatic N) is 2. The van der Waals surface area contributed by atoms with Crippen LogP contribution in [0, 0.1) is 0 Å². The van der Waals surface area contributed by atoms with Crippen LogP contribution in [0.2, 0.25) is 0 Å². The SMILES string of the molecule is Cn1cc(-c2coc3ccccc23)nc1N. The minimum atomic E-state index is 0.500. The van der Waals surface area contributed by atoms with Crippen LogP contribution in [0.5, 0.6) is 0 Å². The number of aryl methyl sites for hydroxylation is 1. The molecule has 0 amide bonds. The zero-order valence-corrected chi connectivity index (χ0v) is 8.84. The highest BCUT2D eigenvalue weighted by Crippen LogP contribution is 2.29. The Bertz CT molecular complexity index is 632. The molecule has 0 aliphatic rings. The van der Waals surface area contributed by atoms with Crippen LogP contribution >= 0.6 is 0 Å². The summed E-state index contributed by atoms with van der Waals surface area (Å²) in [7, 11) is 1.87. The Morgan fingerprint density at radius 1 is 1.31 bits per heavy atom. The van der Waals surface area contributed by atoms with Gasteiger partial charge < -0.3 is 14.7 Å². The molecule has 80 valence electrons. The molecule has 0 unspecified atom stereocenters. The maximum Gasteiger partial charge on any atom is 0.200 e. The van der Waals surface area contributed by atoms with Crippen molar-refractivity contribution in [3.05, 3.63) is 36.7 Å². The summed E-state index contributed by atoms with van der Waals surface area (Å²) in [6.45, 7) is 0. The molecule has 0 spiro atoms. The second-order valence-corrected chi connectivity index (χ2v) is 3.74. The van der Waals surface area contributed by atoms with Gasteiger partial charge in [0.25, 0.3) is 0 Å². The van der Waals surface area contributed by atoms with Crippen molar-refractivity contribution in [2.75, 3.05) is 5.73 Å². The van der Waals surface area contributed by atoms with Crippen LogP contribution in [-0.4, -0.2) is 9.55 Å². The van der Waals surface area contributed by atoms with Gasteiger partial charge in [-0.2, -0.15) is 0 Å².